The van der Waals surface area contributed by atoms with E-state index in [1.165, 1.54) is 6.08 Å². The maximum atomic E-state index is 12.8. The van der Waals surface area contributed by atoms with Crippen LogP contribution in [0, 0.1) is 0 Å². The maximum Gasteiger partial charge on any atom is 0.333 e. The van der Waals surface area contributed by atoms with Gasteiger partial charge in [0.2, 0.25) is 0 Å². The van der Waals surface area contributed by atoms with Crippen molar-refractivity contribution < 1.29 is 19.1 Å². The van der Waals surface area contributed by atoms with Gasteiger partial charge < -0.3 is 15.4 Å². The molecule has 4 amide bonds. The zero-order valence-corrected chi connectivity index (χ0v) is 16.4. The third-order valence-corrected chi connectivity index (χ3v) is 4.53. The molecule has 31 heavy (non-hydrogen) atoms. The molecule has 1 fully saturated rings. The molecule has 0 unspecified atom stereocenters. The number of benzene rings is 3. The van der Waals surface area contributed by atoms with Gasteiger partial charge in [0.05, 0.1) is 5.69 Å². The molecule has 1 heterocycles. The van der Waals surface area contributed by atoms with Gasteiger partial charge >= 0.3 is 6.03 Å². The van der Waals surface area contributed by atoms with Crippen LogP contribution in [0.1, 0.15) is 5.56 Å². The molecular weight excluding hydrogens is 394 g/mol. The molecule has 0 aromatic heterocycles. The van der Waals surface area contributed by atoms with Crippen LogP contribution in [0.25, 0.3) is 6.08 Å². The van der Waals surface area contributed by atoms with Crippen molar-refractivity contribution >= 4 is 35.3 Å². The minimum atomic E-state index is -0.525. The standard InChI is InChI=1S/C24H19N3O4/c28-22(25-18-10-3-1-4-11-18)16-31-21-14-8-7-9-17(21)15-20-23(29)27(24(30)26-20)19-12-5-2-6-13-19/h1-15H,16H2,(H,25,28)(H,26,30)/b20-15-. The zero-order chi connectivity index (χ0) is 21.6. The van der Waals surface area contributed by atoms with Gasteiger partial charge in [-0.1, -0.05) is 54.6 Å². The Morgan fingerprint density at radius 3 is 2.29 bits per heavy atom. The molecule has 0 radical (unpaired) electrons. The fraction of sp³-hybridized carbons (Fsp3) is 0.0417. The summed E-state index contributed by atoms with van der Waals surface area (Å²) < 4.78 is 5.66. The first-order valence-electron chi connectivity index (χ1n) is 9.61. The van der Waals surface area contributed by atoms with Gasteiger partial charge in [0.1, 0.15) is 11.4 Å². The third-order valence-electron chi connectivity index (χ3n) is 4.53. The summed E-state index contributed by atoms with van der Waals surface area (Å²) in [5.41, 5.74) is 1.84. The molecule has 0 spiro atoms. The second-order valence-corrected chi connectivity index (χ2v) is 6.70. The predicted molar refractivity (Wildman–Crippen MR) is 117 cm³/mol. The number of imide groups is 1. The number of nitrogens with zero attached hydrogens (tertiary/aromatic N) is 1. The van der Waals surface area contributed by atoms with E-state index in [4.69, 9.17) is 4.74 Å². The SMILES string of the molecule is O=C(COc1ccccc1/C=C1\NC(=O)N(c2ccccc2)C1=O)Nc1ccccc1. The molecule has 0 aliphatic carbocycles. The lowest BCUT2D eigenvalue weighted by Gasteiger charge is -2.11. The van der Waals surface area contributed by atoms with Crippen LogP contribution in [0.4, 0.5) is 16.2 Å². The number of urea groups is 1. The van der Waals surface area contributed by atoms with Crippen LogP contribution in [-0.4, -0.2) is 24.5 Å². The summed E-state index contributed by atoms with van der Waals surface area (Å²) in [4.78, 5) is 38.3. The van der Waals surface area contributed by atoms with Crippen molar-refractivity contribution in [3.8, 4) is 5.75 Å². The highest BCUT2D eigenvalue weighted by Gasteiger charge is 2.34. The van der Waals surface area contributed by atoms with Crippen molar-refractivity contribution in [1.29, 1.82) is 0 Å². The molecule has 3 aromatic carbocycles. The Bertz CT molecular complexity index is 1140. The third kappa shape index (κ3) is 4.62. The van der Waals surface area contributed by atoms with E-state index in [2.05, 4.69) is 10.6 Å². The van der Waals surface area contributed by atoms with Gasteiger partial charge in [-0.15, -0.1) is 0 Å². The Hall–Kier alpha value is -4.39. The van der Waals surface area contributed by atoms with E-state index in [1.54, 1.807) is 66.7 Å². The second-order valence-electron chi connectivity index (χ2n) is 6.70. The predicted octanol–water partition coefficient (Wildman–Crippen LogP) is 3.80. The van der Waals surface area contributed by atoms with Crippen LogP contribution < -0.4 is 20.3 Å². The molecule has 0 atom stereocenters. The van der Waals surface area contributed by atoms with Crippen molar-refractivity contribution in [3.63, 3.8) is 0 Å². The van der Waals surface area contributed by atoms with E-state index in [1.807, 2.05) is 18.2 Å². The molecular formula is C24H19N3O4. The molecule has 2 N–H and O–H groups in total. The Balaban J connectivity index is 1.48. The van der Waals surface area contributed by atoms with E-state index < -0.39 is 11.9 Å². The highest BCUT2D eigenvalue weighted by atomic mass is 16.5. The fourth-order valence-corrected chi connectivity index (χ4v) is 3.10. The van der Waals surface area contributed by atoms with Gasteiger partial charge in [-0.05, 0) is 36.4 Å². The van der Waals surface area contributed by atoms with Crippen molar-refractivity contribution in [1.82, 2.24) is 5.32 Å². The number of hydrogen-bond donors (Lipinski definition) is 2. The lowest BCUT2D eigenvalue weighted by atomic mass is 10.1. The monoisotopic (exact) mass is 413 g/mol. The number of ether oxygens (including phenoxy) is 1. The van der Waals surface area contributed by atoms with E-state index >= 15 is 0 Å². The molecule has 154 valence electrons. The number of rotatable bonds is 6. The number of nitrogens with one attached hydrogen (secondary N) is 2. The van der Waals surface area contributed by atoms with E-state index in [0.29, 0.717) is 22.7 Å². The Morgan fingerprint density at radius 1 is 0.903 bits per heavy atom. The van der Waals surface area contributed by atoms with Crippen molar-refractivity contribution in [2.24, 2.45) is 0 Å². The number of amides is 4. The Morgan fingerprint density at radius 2 is 1.55 bits per heavy atom. The number of anilines is 2. The zero-order valence-electron chi connectivity index (χ0n) is 16.4. The summed E-state index contributed by atoms with van der Waals surface area (Å²) in [6.07, 6.45) is 1.54. The lowest BCUT2D eigenvalue weighted by Crippen LogP contribution is -2.30. The minimum absolute atomic E-state index is 0.124. The summed E-state index contributed by atoms with van der Waals surface area (Å²) >= 11 is 0. The quantitative estimate of drug-likeness (QED) is 0.475. The van der Waals surface area contributed by atoms with Crippen molar-refractivity contribution in [2.75, 3.05) is 16.8 Å². The number of carbonyl (C=O) groups excluding carboxylic acids is 3. The van der Waals surface area contributed by atoms with Crippen LogP contribution >= 0.6 is 0 Å². The van der Waals surface area contributed by atoms with Crippen molar-refractivity contribution in [2.45, 2.75) is 0 Å². The molecule has 3 aromatic rings. The smallest absolute Gasteiger partial charge is 0.333 e. The van der Waals surface area contributed by atoms with Crippen molar-refractivity contribution in [3.05, 3.63) is 96.2 Å². The minimum Gasteiger partial charge on any atom is -0.483 e. The van der Waals surface area contributed by atoms with Gasteiger partial charge in [-0.3, -0.25) is 9.59 Å². The van der Waals surface area contributed by atoms with E-state index in [-0.39, 0.29) is 18.2 Å². The summed E-state index contributed by atoms with van der Waals surface area (Å²) in [7, 11) is 0. The fourth-order valence-electron chi connectivity index (χ4n) is 3.10. The van der Waals surface area contributed by atoms with Gasteiger partial charge in [0.15, 0.2) is 6.61 Å². The van der Waals surface area contributed by atoms with Crippen LogP contribution in [0.5, 0.6) is 5.75 Å². The molecule has 1 aliphatic heterocycles. The molecule has 1 aliphatic rings. The van der Waals surface area contributed by atoms with Crippen LogP contribution in [-0.2, 0) is 9.59 Å². The molecule has 7 nitrogen and oxygen atoms in total. The normalized spacial score (nSPS) is 14.5. The highest BCUT2D eigenvalue weighted by Crippen LogP contribution is 2.25. The Kier molecular flexibility index (Phi) is 5.75. The van der Waals surface area contributed by atoms with E-state index in [9.17, 15) is 14.4 Å². The first-order valence-corrected chi connectivity index (χ1v) is 9.61. The van der Waals surface area contributed by atoms with Crippen LogP contribution in [0.3, 0.4) is 0 Å². The number of hydrogen-bond acceptors (Lipinski definition) is 4. The molecule has 1 saturated heterocycles. The largest absolute Gasteiger partial charge is 0.483 e. The lowest BCUT2D eigenvalue weighted by molar-refractivity contribution is -0.118. The molecule has 7 heteroatoms. The summed E-state index contributed by atoms with van der Waals surface area (Å²) in [5, 5.41) is 5.33. The average Bonchev–Trinajstić information content (AvgIpc) is 3.07. The van der Waals surface area contributed by atoms with Crippen LogP contribution in [0.2, 0.25) is 0 Å². The van der Waals surface area contributed by atoms with E-state index in [0.717, 1.165) is 4.90 Å². The summed E-state index contributed by atoms with van der Waals surface area (Å²) in [6.45, 7) is -0.203. The molecule has 0 saturated carbocycles. The number of para-hydroxylation sites is 3. The Labute approximate surface area is 178 Å². The second kappa shape index (κ2) is 8.96. The maximum absolute atomic E-state index is 12.8. The van der Waals surface area contributed by atoms with Gasteiger partial charge in [0.25, 0.3) is 11.8 Å². The van der Waals surface area contributed by atoms with Crippen LogP contribution in [0.15, 0.2) is 90.6 Å². The van der Waals surface area contributed by atoms with Gasteiger partial charge in [-0.25, -0.2) is 9.69 Å². The molecule has 0 bridgehead atoms. The molecule has 4 rings (SSSR count). The van der Waals surface area contributed by atoms with Gasteiger partial charge in [-0.2, -0.15) is 0 Å². The van der Waals surface area contributed by atoms with Gasteiger partial charge in [0, 0.05) is 11.3 Å². The first-order chi connectivity index (χ1) is 15.1. The first kappa shape index (κ1) is 19.9. The highest BCUT2D eigenvalue weighted by molar-refractivity contribution is 6.28. The topological polar surface area (TPSA) is 87.7 Å². The summed E-state index contributed by atoms with van der Waals surface area (Å²) in [6, 6.07) is 24.2. The summed E-state index contributed by atoms with van der Waals surface area (Å²) in [5.74, 6) is -0.361. The average molecular weight is 413 g/mol. The number of carbonyl (C=O) groups is 3.